The fourth-order valence-corrected chi connectivity index (χ4v) is 1.80. The Morgan fingerprint density at radius 2 is 2.24 bits per heavy atom. The predicted molar refractivity (Wildman–Crippen MR) is 64.5 cm³/mol. The van der Waals surface area contributed by atoms with Crippen LogP contribution in [-0.4, -0.2) is 17.3 Å². The Hall–Kier alpha value is -2.04. The van der Waals surface area contributed by atoms with Crippen LogP contribution in [0, 0.1) is 0 Å². The lowest BCUT2D eigenvalue weighted by Crippen LogP contribution is -1.95. The first-order valence-electron chi connectivity index (χ1n) is 5.25. The maximum absolute atomic E-state index is 13.6. The molecular formula is C12H14FN3O. The molecule has 2 aromatic rings. The van der Waals surface area contributed by atoms with Crippen molar-refractivity contribution in [1.29, 1.82) is 0 Å². The lowest BCUT2D eigenvalue weighted by atomic mass is 10.0. The lowest BCUT2D eigenvalue weighted by molar-refractivity contribution is 0.371. The minimum atomic E-state index is -1.09. The van der Waals surface area contributed by atoms with E-state index < -0.39 is 6.17 Å². The van der Waals surface area contributed by atoms with Crippen molar-refractivity contribution >= 4 is 5.82 Å². The molecule has 0 aliphatic carbocycles. The Kier molecular flexibility index (Phi) is 2.99. The molecule has 1 heterocycles. The summed E-state index contributed by atoms with van der Waals surface area (Å²) < 4.78 is 18.8. The van der Waals surface area contributed by atoms with Crippen LogP contribution in [0.4, 0.5) is 10.2 Å². The van der Waals surface area contributed by atoms with Gasteiger partial charge in [0.05, 0.1) is 12.8 Å². The molecule has 1 aromatic carbocycles. The molecule has 90 valence electrons. The lowest BCUT2D eigenvalue weighted by Gasteiger charge is -2.13. The Morgan fingerprint density at radius 1 is 1.47 bits per heavy atom. The topological polar surface area (TPSA) is 63.9 Å². The number of alkyl halides is 1. The van der Waals surface area contributed by atoms with E-state index in [1.54, 1.807) is 31.4 Å². The van der Waals surface area contributed by atoms with Crippen molar-refractivity contribution in [2.24, 2.45) is 0 Å². The van der Waals surface area contributed by atoms with Gasteiger partial charge in [-0.05, 0) is 18.6 Å². The minimum Gasteiger partial charge on any atom is -0.496 e. The second-order valence-corrected chi connectivity index (χ2v) is 3.75. The van der Waals surface area contributed by atoms with Gasteiger partial charge in [0, 0.05) is 11.6 Å². The third-order valence-corrected chi connectivity index (χ3v) is 2.57. The minimum absolute atomic E-state index is 0.364. The summed E-state index contributed by atoms with van der Waals surface area (Å²) in [7, 11) is 1.55. The van der Waals surface area contributed by atoms with Crippen molar-refractivity contribution < 1.29 is 9.13 Å². The molecule has 0 amide bonds. The zero-order valence-corrected chi connectivity index (χ0v) is 9.70. The number of nitrogens with zero attached hydrogens (tertiary/aromatic N) is 1. The van der Waals surface area contributed by atoms with Gasteiger partial charge in [0.25, 0.3) is 0 Å². The highest BCUT2D eigenvalue weighted by atomic mass is 19.1. The Balaban J connectivity index is 2.64. The second-order valence-electron chi connectivity index (χ2n) is 3.75. The van der Waals surface area contributed by atoms with Crippen molar-refractivity contribution in [3.8, 4) is 17.0 Å². The molecule has 0 bridgehead atoms. The molecule has 0 saturated carbocycles. The fourth-order valence-electron chi connectivity index (χ4n) is 1.80. The average molecular weight is 235 g/mol. The van der Waals surface area contributed by atoms with Crippen LogP contribution in [0.25, 0.3) is 11.3 Å². The smallest absolute Gasteiger partial charge is 0.145 e. The number of rotatable bonds is 3. The van der Waals surface area contributed by atoms with Gasteiger partial charge in [0.1, 0.15) is 17.7 Å². The summed E-state index contributed by atoms with van der Waals surface area (Å²) >= 11 is 0. The molecule has 17 heavy (non-hydrogen) atoms. The maximum Gasteiger partial charge on any atom is 0.145 e. The molecule has 0 spiro atoms. The summed E-state index contributed by atoms with van der Waals surface area (Å²) in [6, 6.07) is 6.91. The summed E-state index contributed by atoms with van der Waals surface area (Å²) in [6.07, 6.45) is -1.09. The average Bonchev–Trinajstić information content (AvgIpc) is 2.74. The number of aromatic amines is 1. The van der Waals surface area contributed by atoms with Crippen LogP contribution in [0.2, 0.25) is 0 Å². The summed E-state index contributed by atoms with van der Waals surface area (Å²) in [5.41, 5.74) is 7.42. The molecule has 0 aliphatic heterocycles. The zero-order chi connectivity index (χ0) is 12.4. The molecule has 4 nitrogen and oxygen atoms in total. The van der Waals surface area contributed by atoms with Crippen molar-refractivity contribution in [2.45, 2.75) is 13.1 Å². The number of nitrogens with two attached hydrogens (primary N) is 1. The van der Waals surface area contributed by atoms with Crippen LogP contribution in [0.1, 0.15) is 18.7 Å². The van der Waals surface area contributed by atoms with Gasteiger partial charge in [-0.3, -0.25) is 5.10 Å². The molecule has 1 unspecified atom stereocenters. The van der Waals surface area contributed by atoms with Gasteiger partial charge in [0.15, 0.2) is 0 Å². The van der Waals surface area contributed by atoms with Crippen molar-refractivity contribution in [1.82, 2.24) is 10.2 Å². The number of methoxy groups -OCH3 is 1. The monoisotopic (exact) mass is 235 g/mol. The van der Waals surface area contributed by atoms with Crippen LogP contribution in [-0.2, 0) is 0 Å². The number of nitrogens with one attached hydrogen (secondary N) is 1. The van der Waals surface area contributed by atoms with Gasteiger partial charge in [-0.15, -0.1) is 0 Å². The summed E-state index contributed by atoms with van der Waals surface area (Å²) in [6.45, 7) is 1.48. The highest BCUT2D eigenvalue weighted by Crippen LogP contribution is 2.36. The molecule has 0 aliphatic rings. The first-order valence-corrected chi connectivity index (χ1v) is 5.25. The molecule has 3 N–H and O–H groups in total. The van der Waals surface area contributed by atoms with Crippen molar-refractivity contribution in [3.05, 3.63) is 29.8 Å². The third-order valence-electron chi connectivity index (χ3n) is 2.57. The number of ether oxygens (including phenoxy) is 1. The van der Waals surface area contributed by atoms with E-state index in [4.69, 9.17) is 10.5 Å². The first kappa shape index (κ1) is 11.4. The second kappa shape index (κ2) is 4.45. The highest BCUT2D eigenvalue weighted by Gasteiger charge is 2.17. The van der Waals surface area contributed by atoms with Gasteiger partial charge in [0.2, 0.25) is 0 Å². The third kappa shape index (κ3) is 2.08. The number of aromatic nitrogens is 2. The standard InChI is InChI=1S/C12H14FN3O/c1-7(13)8-4-3-5-10(17-2)12(8)9-6-11(14)16-15-9/h3-7H,1-2H3,(H3,14,15,16). The zero-order valence-electron chi connectivity index (χ0n) is 9.70. The number of hydrogen-bond acceptors (Lipinski definition) is 3. The van der Waals surface area contributed by atoms with Crippen LogP contribution in [0.5, 0.6) is 5.75 Å². The van der Waals surface area contributed by atoms with E-state index >= 15 is 0 Å². The van der Waals surface area contributed by atoms with E-state index in [1.807, 2.05) is 0 Å². The summed E-state index contributed by atoms with van der Waals surface area (Å²) in [4.78, 5) is 0. The maximum atomic E-state index is 13.6. The van der Waals surface area contributed by atoms with E-state index in [0.29, 0.717) is 28.4 Å². The molecule has 5 heteroatoms. The van der Waals surface area contributed by atoms with Crippen LogP contribution in [0.3, 0.4) is 0 Å². The summed E-state index contributed by atoms with van der Waals surface area (Å²) in [5, 5.41) is 6.61. The first-order chi connectivity index (χ1) is 8.13. The fraction of sp³-hybridized carbons (Fsp3) is 0.250. The SMILES string of the molecule is COc1cccc(C(C)F)c1-c1cc(N)n[nH]1. The molecule has 1 atom stereocenters. The molecule has 2 rings (SSSR count). The van der Waals surface area contributed by atoms with E-state index in [9.17, 15) is 4.39 Å². The Bertz CT molecular complexity index is 522. The van der Waals surface area contributed by atoms with Crippen LogP contribution < -0.4 is 10.5 Å². The van der Waals surface area contributed by atoms with E-state index in [2.05, 4.69) is 10.2 Å². The normalized spacial score (nSPS) is 12.4. The van der Waals surface area contributed by atoms with Gasteiger partial charge in [-0.1, -0.05) is 12.1 Å². The number of hydrogen-bond donors (Lipinski definition) is 2. The quantitative estimate of drug-likeness (QED) is 0.859. The van der Waals surface area contributed by atoms with Crippen LogP contribution in [0.15, 0.2) is 24.3 Å². The molecule has 0 fully saturated rings. The highest BCUT2D eigenvalue weighted by molar-refractivity contribution is 5.73. The Morgan fingerprint density at radius 3 is 2.76 bits per heavy atom. The molecule has 1 aromatic heterocycles. The Labute approximate surface area is 98.6 Å². The van der Waals surface area contributed by atoms with Gasteiger partial charge >= 0.3 is 0 Å². The van der Waals surface area contributed by atoms with Crippen molar-refractivity contribution in [3.63, 3.8) is 0 Å². The van der Waals surface area contributed by atoms with Gasteiger partial charge in [-0.25, -0.2) is 4.39 Å². The molecule has 0 saturated heterocycles. The number of nitrogen functional groups attached to an aromatic ring is 1. The van der Waals surface area contributed by atoms with Crippen molar-refractivity contribution in [2.75, 3.05) is 12.8 Å². The van der Waals surface area contributed by atoms with E-state index in [-0.39, 0.29) is 0 Å². The summed E-state index contributed by atoms with van der Waals surface area (Å²) in [5.74, 6) is 0.957. The van der Waals surface area contributed by atoms with Crippen LogP contribution >= 0.6 is 0 Å². The van der Waals surface area contributed by atoms with Gasteiger partial charge in [-0.2, -0.15) is 5.10 Å². The molecular weight excluding hydrogens is 221 g/mol. The van der Waals surface area contributed by atoms with E-state index in [1.165, 1.54) is 6.92 Å². The predicted octanol–water partition coefficient (Wildman–Crippen LogP) is 2.70. The van der Waals surface area contributed by atoms with E-state index in [0.717, 1.165) is 0 Å². The number of halogens is 1. The number of benzene rings is 1. The number of H-pyrrole nitrogens is 1. The number of anilines is 1. The van der Waals surface area contributed by atoms with Gasteiger partial charge < -0.3 is 10.5 Å². The largest absolute Gasteiger partial charge is 0.496 e. The molecule has 0 radical (unpaired) electrons.